The lowest BCUT2D eigenvalue weighted by molar-refractivity contribution is -0.128. The Bertz CT molecular complexity index is 377. The summed E-state index contributed by atoms with van der Waals surface area (Å²) < 4.78 is 0. The molecule has 1 aromatic heterocycles. The molecule has 1 rings (SSSR count). The topological polar surface area (TPSA) is 40.5 Å². The molecule has 0 unspecified atom stereocenters. The highest BCUT2D eigenvalue weighted by molar-refractivity contribution is 7.10. The lowest BCUT2D eigenvalue weighted by atomic mass is 10.1. The van der Waals surface area contributed by atoms with Gasteiger partial charge in [-0.05, 0) is 38.3 Å². The van der Waals surface area contributed by atoms with Gasteiger partial charge in [-0.3, -0.25) is 4.79 Å². The van der Waals surface area contributed by atoms with Gasteiger partial charge in [-0.1, -0.05) is 6.07 Å². The molecule has 0 fully saturated rings. The molecule has 1 amide bonds. The van der Waals surface area contributed by atoms with E-state index in [1.165, 1.54) is 0 Å². The van der Waals surface area contributed by atoms with Crippen LogP contribution < -0.4 is 0 Å². The van der Waals surface area contributed by atoms with Gasteiger partial charge in [0.05, 0.1) is 5.60 Å². The lowest BCUT2D eigenvalue weighted by Crippen LogP contribution is -2.41. The Morgan fingerprint density at radius 2 is 2.29 bits per heavy atom. The molecule has 1 aromatic rings. The van der Waals surface area contributed by atoms with Crippen molar-refractivity contribution in [2.75, 3.05) is 13.1 Å². The summed E-state index contributed by atoms with van der Waals surface area (Å²) in [4.78, 5) is 14.6. The van der Waals surface area contributed by atoms with E-state index in [9.17, 15) is 9.90 Å². The average Bonchev–Trinajstić information content (AvgIpc) is 2.74. The van der Waals surface area contributed by atoms with Crippen LogP contribution in [0.2, 0.25) is 0 Å². The van der Waals surface area contributed by atoms with E-state index in [-0.39, 0.29) is 5.91 Å². The van der Waals surface area contributed by atoms with Crippen LogP contribution in [0.1, 0.15) is 25.6 Å². The SMILES string of the molecule is CCN(CC(C)(C)O)C(=O)C=Cc1cccs1. The van der Waals surface area contributed by atoms with Gasteiger partial charge >= 0.3 is 0 Å². The van der Waals surface area contributed by atoms with Gasteiger partial charge in [0.15, 0.2) is 0 Å². The molecule has 4 heteroatoms. The minimum atomic E-state index is -0.859. The fourth-order valence-corrected chi connectivity index (χ4v) is 2.08. The first-order chi connectivity index (χ1) is 7.92. The maximum absolute atomic E-state index is 11.9. The summed E-state index contributed by atoms with van der Waals surface area (Å²) in [6.45, 7) is 6.25. The highest BCUT2D eigenvalue weighted by atomic mass is 32.1. The fraction of sp³-hybridized carbons (Fsp3) is 0.462. The highest BCUT2D eigenvalue weighted by Gasteiger charge is 2.19. The Kier molecular flexibility index (Phi) is 4.90. The van der Waals surface area contributed by atoms with Crippen molar-refractivity contribution in [3.63, 3.8) is 0 Å². The molecule has 0 saturated heterocycles. The molecule has 0 radical (unpaired) electrons. The minimum Gasteiger partial charge on any atom is -0.389 e. The largest absolute Gasteiger partial charge is 0.389 e. The van der Waals surface area contributed by atoms with Crippen LogP contribution in [0.15, 0.2) is 23.6 Å². The van der Waals surface area contributed by atoms with Crippen LogP contribution in [0.3, 0.4) is 0 Å². The molecule has 0 aliphatic rings. The molecule has 17 heavy (non-hydrogen) atoms. The van der Waals surface area contributed by atoms with Crippen molar-refractivity contribution < 1.29 is 9.90 Å². The van der Waals surface area contributed by atoms with Gasteiger partial charge in [-0.15, -0.1) is 11.3 Å². The first-order valence-electron chi connectivity index (χ1n) is 5.65. The van der Waals surface area contributed by atoms with Gasteiger partial charge in [-0.2, -0.15) is 0 Å². The van der Waals surface area contributed by atoms with E-state index in [1.807, 2.05) is 24.4 Å². The van der Waals surface area contributed by atoms with E-state index >= 15 is 0 Å². The van der Waals surface area contributed by atoms with Crippen LogP contribution in [-0.2, 0) is 4.79 Å². The smallest absolute Gasteiger partial charge is 0.246 e. The number of nitrogens with zero attached hydrogens (tertiary/aromatic N) is 1. The molecule has 0 bridgehead atoms. The third-order valence-corrected chi connectivity index (χ3v) is 3.04. The number of carbonyl (C=O) groups excluding carboxylic acids is 1. The normalized spacial score (nSPS) is 12.0. The Balaban J connectivity index is 2.61. The zero-order valence-corrected chi connectivity index (χ0v) is 11.3. The van der Waals surface area contributed by atoms with Gasteiger partial charge in [0.2, 0.25) is 5.91 Å². The summed E-state index contributed by atoms with van der Waals surface area (Å²) in [5.41, 5.74) is -0.859. The molecule has 0 atom stereocenters. The van der Waals surface area contributed by atoms with Crippen LogP contribution in [0.4, 0.5) is 0 Å². The monoisotopic (exact) mass is 253 g/mol. The summed E-state index contributed by atoms with van der Waals surface area (Å²) in [5, 5.41) is 11.7. The fourth-order valence-electron chi connectivity index (χ4n) is 1.46. The van der Waals surface area contributed by atoms with Crippen molar-refractivity contribution in [2.45, 2.75) is 26.4 Å². The van der Waals surface area contributed by atoms with E-state index < -0.39 is 5.60 Å². The Labute approximate surface area is 106 Å². The van der Waals surface area contributed by atoms with Crippen molar-refractivity contribution in [1.82, 2.24) is 4.90 Å². The quantitative estimate of drug-likeness (QED) is 0.818. The lowest BCUT2D eigenvalue weighted by Gasteiger charge is -2.27. The molecule has 0 aliphatic heterocycles. The van der Waals surface area contributed by atoms with E-state index in [1.54, 1.807) is 42.2 Å². The number of aliphatic hydroxyl groups is 1. The number of amides is 1. The Morgan fingerprint density at radius 1 is 1.59 bits per heavy atom. The maximum atomic E-state index is 11.9. The second kappa shape index (κ2) is 5.98. The number of carbonyl (C=O) groups is 1. The molecule has 3 nitrogen and oxygen atoms in total. The molecular weight excluding hydrogens is 234 g/mol. The Morgan fingerprint density at radius 3 is 2.76 bits per heavy atom. The zero-order valence-electron chi connectivity index (χ0n) is 10.5. The van der Waals surface area contributed by atoms with Crippen molar-refractivity contribution >= 4 is 23.3 Å². The van der Waals surface area contributed by atoms with E-state index in [0.717, 1.165) is 4.88 Å². The highest BCUT2D eigenvalue weighted by Crippen LogP contribution is 2.11. The van der Waals surface area contributed by atoms with Crippen LogP contribution in [0, 0.1) is 0 Å². The predicted octanol–water partition coefficient (Wildman–Crippen LogP) is 2.38. The molecule has 0 spiro atoms. The maximum Gasteiger partial charge on any atom is 0.246 e. The molecule has 0 aromatic carbocycles. The van der Waals surface area contributed by atoms with Gasteiger partial charge in [-0.25, -0.2) is 0 Å². The first kappa shape index (κ1) is 13.9. The second-order valence-corrected chi connectivity index (χ2v) is 5.49. The molecule has 0 saturated carbocycles. The Hall–Kier alpha value is -1.13. The summed E-state index contributed by atoms with van der Waals surface area (Å²) in [6, 6.07) is 3.91. The molecule has 0 aliphatic carbocycles. The third kappa shape index (κ3) is 5.15. The second-order valence-electron chi connectivity index (χ2n) is 4.51. The number of thiophene rings is 1. The van der Waals surface area contributed by atoms with Gasteiger partial charge in [0.1, 0.15) is 0 Å². The summed E-state index contributed by atoms with van der Waals surface area (Å²) in [7, 11) is 0. The van der Waals surface area contributed by atoms with Crippen LogP contribution in [-0.4, -0.2) is 34.6 Å². The first-order valence-corrected chi connectivity index (χ1v) is 6.53. The van der Waals surface area contributed by atoms with Crippen LogP contribution in [0.25, 0.3) is 6.08 Å². The average molecular weight is 253 g/mol. The van der Waals surface area contributed by atoms with E-state index in [2.05, 4.69) is 0 Å². The third-order valence-electron chi connectivity index (χ3n) is 2.20. The molecule has 1 heterocycles. The summed E-state index contributed by atoms with van der Waals surface area (Å²) in [5.74, 6) is -0.0666. The van der Waals surface area contributed by atoms with Gasteiger partial charge < -0.3 is 10.0 Å². The van der Waals surface area contributed by atoms with Gasteiger partial charge in [0, 0.05) is 24.0 Å². The summed E-state index contributed by atoms with van der Waals surface area (Å²) >= 11 is 1.59. The van der Waals surface area contributed by atoms with E-state index in [4.69, 9.17) is 0 Å². The van der Waals surface area contributed by atoms with Gasteiger partial charge in [0.25, 0.3) is 0 Å². The number of rotatable bonds is 5. The van der Waals surface area contributed by atoms with Crippen LogP contribution in [0.5, 0.6) is 0 Å². The van der Waals surface area contributed by atoms with Crippen molar-refractivity contribution in [2.24, 2.45) is 0 Å². The number of likely N-dealkylation sites (N-methyl/N-ethyl adjacent to an activating group) is 1. The molecular formula is C13H19NO2S. The van der Waals surface area contributed by atoms with Crippen molar-refractivity contribution in [3.8, 4) is 0 Å². The van der Waals surface area contributed by atoms with Crippen molar-refractivity contribution in [1.29, 1.82) is 0 Å². The number of hydrogen-bond acceptors (Lipinski definition) is 3. The predicted molar refractivity (Wildman–Crippen MR) is 71.9 cm³/mol. The zero-order chi connectivity index (χ0) is 12.9. The summed E-state index contributed by atoms with van der Waals surface area (Å²) in [6.07, 6.45) is 3.36. The standard InChI is InChI=1S/C13H19NO2S/c1-4-14(10-13(2,3)16)12(15)8-7-11-6-5-9-17-11/h5-9,16H,4,10H2,1-3H3. The molecule has 1 N–H and O–H groups in total. The minimum absolute atomic E-state index is 0.0666. The number of hydrogen-bond donors (Lipinski definition) is 1. The molecule has 94 valence electrons. The van der Waals surface area contributed by atoms with E-state index in [0.29, 0.717) is 13.1 Å². The van der Waals surface area contributed by atoms with Crippen molar-refractivity contribution in [3.05, 3.63) is 28.5 Å². The van der Waals surface area contributed by atoms with Crippen LogP contribution >= 0.6 is 11.3 Å².